The molecule has 0 aliphatic rings. The van der Waals surface area contributed by atoms with Gasteiger partial charge >= 0.3 is 0 Å². The maximum absolute atomic E-state index is 9.14. The van der Waals surface area contributed by atoms with E-state index in [1.54, 1.807) is 14.2 Å². The average molecular weight is 210 g/mol. The van der Waals surface area contributed by atoms with Crippen molar-refractivity contribution < 1.29 is 14.6 Å². The largest absolute Gasteiger partial charge is 0.496 e. The Morgan fingerprint density at radius 1 is 1.20 bits per heavy atom. The summed E-state index contributed by atoms with van der Waals surface area (Å²) in [5, 5.41) is 9.14. The average Bonchev–Trinajstić information content (AvgIpc) is 2.27. The van der Waals surface area contributed by atoms with E-state index in [1.807, 2.05) is 26.0 Å². The van der Waals surface area contributed by atoms with Crippen molar-refractivity contribution in [2.75, 3.05) is 20.8 Å². The SMILES string of the molecule is COc1cc([C@@H](C)CO)c(OC)cc1C. The van der Waals surface area contributed by atoms with Gasteiger partial charge in [0, 0.05) is 18.1 Å². The highest BCUT2D eigenvalue weighted by Crippen LogP contribution is 2.32. The molecule has 1 rings (SSSR count). The summed E-state index contributed by atoms with van der Waals surface area (Å²) in [7, 11) is 3.27. The van der Waals surface area contributed by atoms with Gasteiger partial charge in [-0.05, 0) is 24.6 Å². The van der Waals surface area contributed by atoms with Gasteiger partial charge in [0.25, 0.3) is 0 Å². The first-order valence-electron chi connectivity index (χ1n) is 4.97. The number of hydrogen-bond donors (Lipinski definition) is 1. The predicted octanol–water partition coefficient (Wildman–Crippen LogP) is 2.11. The molecule has 0 radical (unpaired) electrons. The van der Waals surface area contributed by atoms with Crippen LogP contribution in [0.1, 0.15) is 24.0 Å². The summed E-state index contributed by atoms with van der Waals surface area (Å²) >= 11 is 0. The van der Waals surface area contributed by atoms with E-state index in [-0.39, 0.29) is 12.5 Å². The summed E-state index contributed by atoms with van der Waals surface area (Å²) in [4.78, 5) is 0. The fourth-order valence-electron chi connectivity index (χ4n) is 1.56. The van der Waals surface area contributed by atoms with Gasteiger partial charge in [-0.1, -0.05) is 6.92 Å². The Bertz CT molecular complexity index is 334. The standard InChI is InChI=1S/C12H18O3/c1-8-5-12(15-4)10(9(2)7-13)6-11(8)14-3/h5-6,9,13H,7H2,1-4H3/t9-/m0/s1. The number of ether oxygens (including phenoxy) is 2. The zero-order chi connectivity index (χ0) is 11.4. The van der Waals surface area contributed by atoms with Crippen molar-refractivity contribution in [2.24, 2.45) is 0 Å². The Labute approximate surface area is 90.6 Å². The van der Waals surface area contributed by atoms with Gasteiger partial charge in [0.2, 0.25) is 0 Å². The maximum Gasteiger partial charge on any atom is 0.122 e. The highest BCUT2D eigenvalue weighted by atomic mass is 16.5. The summed E-state index contributed by atoms with van der Waals surface area (Å²) in [6.45, 7) is 4.02. The van der Waals surface area contributed by atoms with Crippen LogP contribution in [-0.4, -0.2) is 25.9 Å². The minimum atomic E-state index is 0.0504. The van der Waals surface area contributed by atoms with E-state index < -0.39 is 0 Å². The number of hydrogen-bond acceptors (Lipinski definition) is 3. The van der Waals surface area contributed by atoms with Gasteiger partial charge in [0.1, 0.15) is 11.5 Å². The lowest BCUT2D eigenvalue weighted by atomic mass is 9.99. The second-order valence-corrected chi connectivity index (χ2v) is 3.65. The van der Waals surface area contributed by atoms with Crippen LogP contribution in [0.15, 0.2) is 12.1 Å². The van der Waals surface area contributed by atoms with Crippen molar-refractivity contribution in [1.82, 2.24) is 0 Å². The zero-order valence-corrected chi connectivity index (χ0v) is 9.70. The van der Waals surface area contributed by atoms with E-state index in [1.165, 1.54) is 0 Å². The van der Waals surface area contributed by atoms with Crippen LogP contribution in [0.5, 0.6) is 11.5 Å². The second-order valence-electron chi connectivity index (χ2n) is 3.65. The predicted molar refractivity (Wildman–Crippen MR) is 59.8 cm³/mol. The highest BCUT2D eigenvalue weighted by Gasteiger charge is 2.13. The Kier molecular flexibility index (Phi) is 3.97. The Hall–Kier alpha value is -1.22. The molecule has 1 N–H and O–H groups in total. The fourth-order valence-corrected chi connectivity index (χ4v) is 1.56. The van der Waals surface area contributed by atoms with Crippen LogP contribution in [0.25, 0.3) is 0 Å². The van der Waals surface area contributed by atoms with Crippen LogP contribution >= 0.6 is 0 Å². The van der Waals surface area contributed by atoms with E-state index in [4.69, 9.17) is 14.6 Å². The van der Waals surface area contributed by atoms with E-state index in [9.17, 15) is 0 Å². The van der Waals surface area contributed by atoms with Crippen LogP contribution in [0, 0.1) is 6.92 Å². The molecule has 15 heavy (non-hydrogen) atoms. The van der Waals surface area contributed by atoms with Crippen LogP contribution in [-0.2, 0) is 0 Å². The van der Waals surface area contributed by atoms with Crippen LogP contribution in [0.4, 0.5) is 0 Å². The molecule has 0 bridgehead atoms. The fraction of sp³-hybridized carbons (Fsp3) is 0.500. The highest BCUT2D eigenvalue weighted by molar-refractivity contribution is 5.47. The number of rotatable bonds is 4. The molecule has 0 saturated carbocycles. The Balaban J connectivity index is 3.22. The summed E-state index contributed by atoms with van der Waals surface area (Å²) in [6.07, 6.45) is 0. The smallest absolute Gasteiger partial charge is 0.122 e. The van der Waals surface area contributed by atoms with Crippen molar-refractivity contribution >= 4 is 0 Å². The molecule has 0 unspecified atom stereocenters. The summed E-state index contributed by atoms with van der Waals surface area (Å²) in [6, 6.07) is 3.86. The van der Waals surface area contributed by atoms with E-state index >= 15 is 0 Å². The molecular weight excluding hydrogens is 192 g/mol. The van der Waals surface area contributed by atoms with Gasteiger partial charge < -0.3 is 14.6 Å². The molecule has 1 aromatic carbocycles. The van der Waals surface area contributed by atoms with Crippen molar-refractivity contribution in [3.63, 3.8) is 0 Å². The van der Waals surface area contributed by atoms with Crippen molar-refractivity contribution in [2.45, 2.75) is 19.8 Å². The summed E-state index contributed by atoms with van der Waals surface area (Å²) < 4.78 is 10.5. The molecule has 0 saturated heterocycles. The second kappa shape index (κ2) is 5.03. The van der Waals surface area contributed by atoms with Gasteiger partial charge in [-0.25, -0.2) is 0 Å². The Morgan fingerprint density at radius 3 is 2.27 bits per heavy atom. The molecule has 1 aromatic rings. The number of aryl methyl sites for hydroxylation is 1. The van der Waals surface area contributed by atoms with E-state index in [2.05, 4.69) is 0 Å². The lowest BCUT2D eigenvalue weighted by Gasteiger charge is -2.16. The molecule has 0 aliphatic carbocycles. The minimum absolute atomic E-state index is 0.0504. The van der Waals surface area contributed by atoms with Gasteiger partial charge in [-0.15, -0.1) is 0 Å². The third kappa shape index (κ3) is 2.42. The first-order chi connectivity index (χ1) is 7.13. The van der Waals surface area contributed by atoms with Gasteiger partial charge in [-0.3, -0.25) is 0 Å². The number of methoxy groups -OCH3 is 2. The van der Waals surface area contributed by atoms with Gasteiger partial charge in [0.05, 0.1) is 14.2 Å². The number of aliphatic hydroxyl groups excluding tert-OH is 1. The zero-order valence-electron chi connectivity index (χ0n) is 9.70. The molecule has 1 atom stereocenters. The van der Waals surface area contributed by atoms with E-state index in [0.717, 1.165) is 22.6 Å². The quantitative estimate of drug-likeness (QED) is 0.827. The lowest BCUT2D eigenvalue weighted by molar-refractivity contribution is 0.269. The van der Waals surface area contributed by atoms with Crippen molar-refractivity contribution in [3.8, 4) is 11.5 Å². The molecule has 0 aromatic heterocycles. The lowest BCUT2D eigenvalue weighted by Crippen LogP contribution is -2.03. The topological polar surface area (TPSA) is 38.7 Å². The first kappa shape index (κ1) is 11.9. The van der Waals surface area contributed by atoms with Crippen molar-refractivity contribution in [1.29, 1.82) is 0 Å². The van der Waals surface area contributed by atoms with Gasteiger partial charge in [0.15, 0.2) is 0 Å². The van der Waals surface area contributed by atoms with E-state index in [0.29, 0.717) is 0 Å². The van der Waals surface area contributed by atoms with Crippen LogP contribution < -0.4 is 9.47 Å². The molecule has 0 fully saturated rings. The van der Waals surface area contributed by atoms with Crippen LogP contribution in [0.3, 0.4) is 0 Å². The third-order valence-electron chi connectivity index (χ3n) is 2.55. The molecule has 0 spiro atoms. The monoisotopic (exact) mass is 210 g/mol. The normalized spacial score (nSPS) is 12.3. The molecule has 0 aliphatic heterocycles. The number of benzene rings is 1. The van der Waals surface area contributed by atoms with Gasteiger partial charge in [-0.2, -0.15) is 0 Å². The number of aliphatic hydroxyl groups is 1. The van der Waals surface area contributed by atoms with Crippen LogP contribution in [0.2, 0.25) is 0 Å². The summed E-state index contributed by atoms with van der Waals surface area (Å²) in [5.74, 6) is 1.68. The Morgan fingerprint density at radius 2 is 1.80 bits per heavy atom. The maximum atomic E-state index is 9.14. The molecule has 84 valence electrons. The molecule has 0 heterocycles. The minimum Gasteiger partial charge on any atom is -0.496 e. The summed E-state index contributed by atoms with van der Waals surface area (Å²) in [5.41, 5.74) is 2.01. The third-order valence-corrected chi connectivity index (χ3v) is 2.55. The molecule has 3 nitrogen and oxygen atoms in total. The molecule has 3 heteroatoms. The van der Waals surface area contributed by atoms with Crippen molar-refractivity contribution in [3.05, 3.63) is 23.3 Å². The molecule has 0 amide bonds. The molecular formula is C12H18O3. The first-order valence-corrected chi connectivity index (χ1v) is 4.97.